The summed E-state index contributed by atoms with van der Waals surface area (Å²) in [6.07, 6.45) is 1.86. The minimum atomic E-state index is -0.904. The van der Waals surface area contributed by atoms with E-state index in [0.29, 0.717) is 6.54 Å². The van der Waals surface area contributed by atoms with Crippen LogP contribution in [-0.4, -0.2) is 42.1 Å². The van der Waals surface area contributed by atoms with Gasteiger partial charge in [0.2, 0.25) is 0 Å². The van der Waals surface area contributed by atoms with Crippen LogP contribution in [0.5, 0.6) is 0 Å². The van der Waals surface area contributed by atoms with Crippen molar-refractivity contribution in [1.82, 2.24) is 10.2 Å². The fraction of sp³-hybridized carbons (Fsp3) is 0.600. The Morgan fingerprint density at radius 3 is 2.47 bits per heavy atom. The van der Waals surface area contributed by atoms with Gasteiger partial charge in [0, 0.05) is 20.1 Å². The van der Waals surface area contributed by atoms with Crippen molar-refractivity contribution in [3.05, 3.63) is 11.6 Å². The van der Waals surface area contributed by atoms with Crippen molar-refractivity contribution in [3.8, 4) is 0 Å². The quantitative estimate of drug-likeness (QED) is 0.672. The van der Waals surface area contributed by atoms with Gasteiger partial charge < -0.3 is 15.3 Å². The molecule has 0 aromatic heterocycles. The molecule has 0 saturated heterocycles. The van der Waals surface area contributed by atoms with Gasteiger partial charge in [-0.15, -0.1) is 0 Å². The smallest absolute Gasteiger partial charge is 0.317 e. The maximum atomic E-state index is 11.3. The van der Waals surface area contributed by atoms with Crippen LogP contribution in [0.2, 0.25) is 0 Å². The molecule has 0 bridgehead atoms. The van der Waals surface area contributed by atoms with Crippen LogP contribution in [0.3, 0.4) is 0 Å². The molecule has 0 rings (SSSR count). The molecule has 0 unspecified atom stereocenters. The van der Waals surface area contributed by atoms with Crippen LogP contribution in [0.4, 0.5) is 4.79 Å². The van der Waals surface area contributed by atoms with Crippen LogP contribution in [0.25, 0.3) is 0 Å². The Hall–Kier alpha value is -1.52. The number of carboxylic acid groups (broad SMARTS) is 1. The molecular weight excluding hydrogens is 196 g/mol. The molecule has 0 aromatic rings. The van der Waals surface area contributed by atoms with E-state index in [4.69, 9.17) is 5.11 Å². The zero-order chi connectivity index (χ0) is 11.8. The number of amides is 2. The Balaban J connectivity index is 3.79. The Morgan fingerprint density at radius 1 is 1.40 bits per heavy atom. The van der Waals surface area contributed by atoms with Gasteiger partial charge in [-0.2, -0.15) is 0 Å². The molecule has 0 radical (unpaired) electrons. The number of aliphatic carboxylic acids is 1. The van der Waals surface area contributed by atoms with Gasteiger partial charge in [0.05, 0.1) is 6.42 Å². The van der Waals surface area contributed by atoms with E-state index in [1.807, 2.05) is 19.9 Å². The molecule has 0 heterocycles. The van der Waals surface area contributed by atoms with Crippen LogP contribution in [0.15, 0.2) is 11.6 Å². The number of carboxylic acids is 1. The first kappa shape index (κ1) is 13.5. The molecule has 0 aromatic carbocycles. The first-order chi connectivity index (χ1) is 6.93. The van der Waals surface area contributed by atoms with E-state index in [-0.39, 0.29) is 19.0 Å². The number of carbonyl (C=O) groups is 2. The molecule has 0 aliphatic carbocycles. The summed E-state index contributed by atoms with van der Waals surface area (Å²) in [5, 5.41) is 11.1. The number of nitrogens with one attached hydrogen (secondary N) is 1. The molecule has 0 aliphatic heterocycles. The minimum absolute atomic E-state index is 0.0352. The van der Waals surface area contributed by atoms with Gasteiger partial charge >= 0.3 is 12.0 Å². The Labute approximate surface area is 89.8 Å². The normalized spacial score (nSPS) is 9.27. The molecule has 15 heavy (non-hydrogen) atoms. The lowest BCUT2D eigenvalue weighted by Gasteiger charge is -2.16. The van der Waals surface area contributed by atoms with E-state index in [2.05, 4.69) is 5.32 Å². The zero-order valence-corrected chi connectivity index (χ0v) is 9.41. The molecule has 0 saturated carbocycles. The van der Waals surface area contributed by atoms with E-state index in [1.54, 1.807) is 7.05 Å². The van der Waals surface area contributed by atoms with E-state index in [1.165, 1.54) is 4.90 Å². The molecule has 2 N–H and O–H groups in total. The summed E-state index contributed by atoms with van der Waals surface area (Å²) in [5.74, 6) is -0.904. The summed E-state index contributed by atoms with van der Waals surface area (Å²) < 4.78 is 0. The van der Waals surface area contributed by atoms with Crippen molar-refractivity contribution < 1.29 is 14.7 Å². The molecule has 2 amide bonds. The average molecular weight is 214 g/mol. The summed E-state index contributed by atoms with van der Waals surface area (Å²) in [4.78, 5) is 22.9. The second kappa shape index (κ2) is 6.86. The minimum Gasteiger partial charge on any atom is -0.481 e. The number of carbonyl (C=O) groups excluding carboxylic acids is 1. The first-order valence-corrected chi connectivity index (χ1v) is 4.77. The van der Waals surface area contributed by atoms with E-state index in [9.17, 15) is 9.59 Å². The number of rotatable bonds is 5. The van der Waals surface area contributed by atoms with Crippen LogP contribution >= 0.6 is 0 Å². The molecule has 86 valence electrons. The average Bonchev–Trinajstić information content (AvgIpc) is 2.13. The monoisotopic (exact) mass is 214 g/mol. The lowest BCUT2D eigenvalue weighted by molar-refractivity contribution is -0.137. The highest BCUT2D eigenvalue weighted by atomic mass is 16.4. The van der Waals surface area contributed by atoms with Gasteiger partial charge in [0.1, 0.15) is 0 Å². The third kappa shape index (κ3) is 7.54. The highest BCUT2D eigenvalue weighted by molar-refractivity contribution is 5.75. The number of hydrogen-bond acceptors (Lipinski definition) is 2. The van der Waals surface area contributed by atoms with Gasteiger partial charge in [-0.1, -0.05) is 11.6 Å². The van der Waals surface area contributed by atoms with E-state index < -0.39 is 5.97 Å². The highest BCUT2D eigenvalue weighted by Crippen LogP contribution is 1.90. The van der Waals surface area contributed by atoms with Crippen LogP contribution in [0, 0.1) is 0 Å². The highest BCUT2D eigenvalue weighted by Gasteiger charge is 2.08. The molecule has 0 aliphatic rings. The first-order valence-electron chi connectivity index (χ1n) is 4.77. The fourth-order valence-corrected chi connectivity index (χ4v) is 0.842. The largest absolute Gasteiger partial charge is 0.481 e. The van der Waals surface area contributed by atoms with Crippen molar-refractivity contribution in [2.75, 3.05) is 20.1 Å². The van der Waals surface area contributed by atoms with Crippen molar-refractivity contribution in [3.63, 3.8) is 0 Å². The van der Waals surface area contributed by atoms with Crippen LogP contribution in [-0.2, 0) is 4.79 Å². The Morgan fingerprint density at radius 2 is 2.00 bits per heavy atom. The van der Waals surface area contributed by atoms with Crippen molar-refractivity contribution in [2.24, 2.45) is 0 Å². The lowest BCUT2D eigenvalue weighted by atomic mass is 10.3. The third-order valence-electron chi connectivity index (χ3n) is 1.77. The molecule has 0 fully saturated rings. The van der Waals surface area contributed by atoms with E-state index in [0.717, 1.165) is 5.57 Å². The van der Waals surface area contributed by atoms with Crippen LogP contribution < -0.4 is 5.32 Å². The fourth-order valence-electron chi connectivity index (χ4n) is 0.842. The zero-order valence-electron chi connectivity index (χ0n) is 9.41. The van der Waals surface area contributed by atoms with Gasteiger partial charge in [0.15, 0.2) is 0 Å². The third-order valence-corrected chi connectivity index (χ3v) is 1.77. The van der Waals surface area contributed by atoms with Crippen molar-refractivity contribution in [1.29, 1.82) is 0 Å². The van der Waals surface area contributed by atoms with Crippen molar-refractivity contribution in [2.45, 2.75) is 20.3 Å². The summed E-state index contributed by atoms with van der Waals surface area (Å²) >= 11 is 0. The summed E-state index contributed by atoms with van der Waals surface area (Å²) in [6, 6.07) is -0.256. The molecule has 0 atom stereocenters. The summed E-state index contributed by atoms with van der Waals surface area (Å²) in [7, 11) is 1.57. The Kier molecular flexibility index (Phi) is 6.17. The van der Waals surface area contributed by atoms with Gasteiger partial charge in [-0.05, 0) is 13.8 Å². The molecular formula is C10H18N2O3. The predicted molar refractivity (Wildman–Crippen MR) is 57.7 cm³/mol. The van der Waals surface area contributed by atoms with Gasteiger partial charge in [0.25, 0.3) is 0 Å². The number of allylic oxidation sites excluding steroid dienone is 1. The SMILES string of the molecule is CC(C)=CCNC(=O)N(C)CCC(=O)O. The van der Waals surface area contributed by atoms with Gasteiger partial charge in [-0.25, -0.2) is 4.79 Å². The number of nitrogens with zero attached hydrogens (tertiary/aromatic N) is 1. The van der Waals surface area contributed by atoms with E-state index >= 15 is 0 Å². The summed E-state index contributed by atoms with van der Waals surface area (Å²) in [6.45, 7) is 4.58. The topological polar surface area (TPSA) is 69.6 Å². The van der Waals surface area contributed by atoms with Crippen molar-refractivity contribution >= 4 is 12.0 Å². The predicted octanol–water partition coefficient (Wildman–Crippen LogP) is 1.07. The molecule has 5 heteroatoms. The van der Waals surface area contributed by atoms with Gasteiger partial charge in [-0.3, -0.25) is 4.79 Å². The standard InChI is InChI=1S/C10H18N2O3/c1-8(2)4-6-11-10(15)12(3)7-5-9(13)14/h4H,5-7H2,1-3H3,(H,11,15)(H,13,14). The maximum absolute atomic E-state index is 11.3. The number of urea groups is 1. The Bertz CT molecular complexity index is 257. The maximum Gasteiger partial charge on any atom is 0.317 e. The summed E-state index contributed by atoms with van der Waals surface area (Å²) in [5.41, 5.74) is 1.13. The lowest BCUT2D eigenvalue weighted by Crippen LogP contribution is -2.38. The second-order valence-corrected chi connectivity index (χ2v) is 3.53. The molecule has 0 spiro atoms. The number of hydrogen-bond donors (Lipinski definition) is 2. The van der Waals surface area contributed by atoms with Crippen LogP contribution in [0.1, 0.15) is 20.3 Å². The second-order valence-electron chi connectivity index (χ2n) is 3.53. The molecule has 5 nitrogen and oxygen atoms in total.